The molecule has 44 heavy (non-hydrogen) atoms. The lowest BCUT2D eigenvalue weighted by Gasteiger charge is -2.46. The number of hydrogen-bond donors (Lipinski definition) is 6. The van der Waals surface area contributed by atoms with Crippen molar-refractivity contribution in [2.75, 3.05) is 39.6 Å². The number of ether oxygens (including phenoxy) is 5. The molecule has 0 bridgehead atoms. The number of carboxylic acids is 1. The summed E-state index contributed by atoms with van der Waals surface area (Å²) in [6.45, 7) is 1.65. The number of aliphatic hydroxyl groups excluding tert-OH is 3. The lowest BCUT2D eigenvalue weighted by atomic mass is 9.88. The van der Waals surface area contributed by atoms with Crippen LogP contribution in [0.2, 0.25) is 0 Å². The van der Waals surface area contributed by atoms with Crippen molar-refractivity contribution < 1.29 is 53.7 Å². The van der Waals surface area contributed by atoms with Gasteiger partial charge < -0.3 is 54.7 Å². The average Bonchev–Trinajstić information content (AvgIpc) is 2.99. The van der Waals surface area contributed by atoms with Crippen molar-refractivity contribution in [2.24, 2.45) is 0 Å². The van der Waals surface area contributed by atoms with Gasteiger partial charge in [-0.3, -0.25) is 4.79 Å². The molecule has 6 N–H and O–H groups in total. The molecule has 0 spiro atoms. The zero-order chi connectivity index (χ0) is 32.0. The number of rotatable bonds is 18. The first kappa shape index (κ1) is 34.9. The molecule has 1 fully saturated rings. The highest BCUT2D eigenvalue weighted by molar-refractivity contribution is 5.76. The standard InChI is InChI=1S/C31H40N2O11/c1-3-12-40-13-14-41-15-16-42-31(30(38)39)18-25(35)27(33-21(2)34)29(44-31)28(37)26(36)20-32-19-22-8-7-11-24(17-22)43-23-9-5-4-6-10-23/h1,4-11,17,25-29,32,35-37H,12-16,18-20H2,2H3,(H,33,34)(H,38,39)/t25-,26+,27+,28+,29+,31+/m0/s1. The minimum Gasteiger partial charge on any atom is -0.477 e. The smallest absolute Gasteiger partial charge is 0.364 e. The summed E-state index contributed by atoms with van der Waals surface area (Å²) in [5.74, 6) is -0.874. The molecule has 240 valence electrons. The Morgan fingerprint density at radius 1 is 1.07 bits per heavy atom. The van der Waals surface area contributed by atoms with E-state index in [1.54, 1.807) is 0 Å². The maximum atomic E-state index is 12.3. The Kier molecular flexibility index (Phi) is 14.0. The van der Waals surface area contributed by atoms with Crippen LogP contribution in [0.1, 0.15) is 18.9 Å². The second-order valence-corrected chi connectivity index (χ2v) is 10.1. The van der Waals surface area contributed by atoms with Gasteiger partial charge >= 0.3 is 5.97 Å². The summed E-state index contributed by atoms with van der Waals surface area (Å²) >= 11 is 0. The quantitative estimate of drug-likeness (QED) is 0.100. The number of para-hydroxylation sites is 1. The first-order chi connectivity index (χ1) is 21.1. The van der Waals surface area contributed by atoms with Gasteiger partial charge in [-0.1, -0.05) is 36.3 Å². The van der Waals surface area contributed by atoms with E-state index in [9.17, 15) is 30.0 Å². The molecule has 0 saturated carbocycles. The van der Waals surface area contributed by atoms with Gasteiger partial charge in [0.1, 0.15) is 30.3 Å². The van der Waals surface area contributed by atoms with Crippen LogP contribution in [0.15, 0.2) is 54.6 Å². The highest BCUT2D eigenvalue weighted by Crippen LogP contribution is 2.33. The third-order valence-corrected chi connectivity index (χ3v) is 6.68. The first-order valence-corrected chi connectivity index (χ1v) is 14.1. The largest absolute Gasteiger partial charge is 0.477 e. The topological polar surface area (TPSA) is 185 Å². The molecule has 1 amide bonds. The van der Waals surface area contributed by atoms with Gasteiger partial charge in [0, 0.05) is 26.4 Å². The highest BCUT2D eigenvalue weighted by Gasteiger charge is 2.55. The van der Waals surface area contributed by atoms with E-state index in [0.29, 0.717) is 18.0 Å². The van der Waals surface area contributed by atoms with Gasteiger partial charge in [-0.25, -0.2) is 4.79 Å². The molecule has 13 nitrogen and oxygen atoms in total. The zero-order valence-electron chi connectivity index (χ0n) is 24.5. The Labute approximate surface area is 256 Å². The summed E-state index contributed by atoms with van der Waals surface area (Å²) in [5, 5.41) is 48.3. The number of carbonyl (C=O) groups excluding carboxylic acids is 1. The fourth-order valence-electron chi connectivity index (χ4n) is 4.61. The number of hydrogen-bond acceptors (Lipinski definition) is 11. The Morgan fingerprint density at radius 3 is 2.48 bits per heavy atom. The van der Waals surface area contributed by atoms with E-state index in [-0.39, 0.29) is 39.6 Å². The number of carbonyl (C=O) groups is 2. The van der Waals surface area contributed by atoms with E-state index in [0.717, 1.165) is 5.56 Å². The van der Waals surface area contributed by atoms with Crippen LogP contribution in [0.3, 0.4) is 0 Å². The van der Waals surface area contributed by atoms with E-state index < -0.39 is 54.5 Å². The predicted molar refractivity (Wildman–Crippen MR) is 157 cm³/mol. The minimum absolute atomic E-state index is 0.0274. The van der Waals surface area contributed by atoms with Gasteiger partial charge in [0.05, 0.1) is 44.7 Å². The summed E-state index contributed by atoms with van der Waals surface area (Å²) < 4.78 is 27.5. The normalized spacial score (nSPS) is 22.8. The molecule has 3 rings (SSSR count). The van der Waals surface area contributed by atoms with E-state index in [1.165, 1.54) is 6.92 Å². The average molecular weight is 617 g/mol. The number of amides is 1. The van der Waals surface area contributed by atoms with Crippen molar-refractivity contribution in [3.63, 3.8) is 0 Å². The lowest BCUT2D eigenvalue weighted by Crippen LogP contribution is -2.68. The zero-order valence-corrected chi connectivity index (χ0v) is 24.5. The Hall–Kier alpha value is -3.58. The molecule has 6 atom stereocenters. The summed E-state index contributed by atoms with van der Waals surface area (Å²) in [5.41, 5.74) is 0.837. The lowest BCUT2D eigenvalue weighted by molar-refractivity contribution is -0.312. The molecule has 0 unspecified atom stereocenters. The maximum absolute atomic E-state index is 12.3. The van der Waals surface area contributed by atoms with Gasteiger partial charge in [-0.05, 0) is 29.8 Å². The Morgan fingerprint density at radius 2 is 1.77 bits per heavy atom. The highest BCUT2D eigenvalue weighted by atomic mass is 16.7. The van der Waals surface area contributed by atoms with Gasteiger partial charge in [-0.15, -0.1) is 6.42 Å². The molecule has 0 aromatic heterocycles. The minimum atomic E-state index is -2.38. The van der Waals surface area contributed by atoms with Crippen LogP contribution in [-0.2, 0) is 35.1 Å². The monoisotopic (exact) mass is 616 g/mol. The number of carboxylic acid groups (broad SMARTS) is 1. The van der Waals surface area contributed by atoms with Crippen LogP contribution in [0.4, 0.5) is 0 Å². The van der Waals surface area contributed by atoms with Crippen LogP contribution >= 0.6 is 0 Å². The van der Waals surface area contributed by atoms with Crippen molar-refractivity contribution in [3.05, 3.63) is 60.2 Å². The van der Waals surface area contributed by atoms with E-state index in [1.807, 2.05) is 54.6 Å². The number of nitrogens with one attached hydrogen (secondary N) is 2. The fraction of sp³-hybridized carbons (Fsp3) is 0.484. The number of benzene rings is 2. The van der Waals surface area contributed by atoms with Crippen molar-refractivity contribution in [1.82, 2.24) is 10.6 Å². The number of aliphatic carboxylic acids is 1. The second-order valence-electron chi connectivity index (χ2n) is 10.1. The van der Waals surface area contributed by atoms with Crippen LogP contribution < -0.4 is 15.4 Å². The summed E-state index contributed by atoms with van der Waals surface area (Å²) in [6, 6.07) is 15.3. The number of aliphatic hydroxyl groups is 3. The maximum Gasteiger partial charge on any atom is 0.364 e. The molecule has 13 heteroatoms. The number of terminal acetylenes is 1. The predicted octanol–water partition coefficient (Wildman–Crippen LogP) is 0.409. The van der Waals surface area contributed by atoms with Crippen molar-refractivity contribution >= 4 is 11.9 Å². The van der Waals surface area contributed by atoms with Gasteiger partial charge in [0.15, 0.2) is 0 Å². The van der Waals surface area contributed by atoms with E-state index in [4.69, 9.17) is 30.1 Å². The molecule has 1 heterocycles. The van der Waals surface area contributed by atoms with Gasteiger partial charge in [0.25, 0.3) is 5.79 Å². The molecule has 2 aromatic rings. The van der Waals surface area contributed by atoms with Crippen LogP contribution in [0.5, 0.6) is 11.5 Å². The van der Waals surface area contributed by atoms with E-state index in [2.05, 4.69) is 16.6 Å². The molecular formula is C31H40N2O11. The fourth-order valence-corrected chi connectivity index (χ4v) is 4.61. The first-order valence-electron chi connectivity index (χ1n) is 14.1. The molecule has 1 saturated heterocycles. The van der Waals surface area contributed by atoms with E-state index >= 15 is 0 Å². The third kappa shape index (κ3) is 10.5. The third-order valence-electron chi connectivity index (χ3n) is 6.68. The van der Waals surface area contributed by atoms with Gasteiger partial charge in [-0.2, -0.15) is 0 Å². The van der Waals surface area contributed by atoms with Crippen LogP contribution in [0.25, 0.3) is 0 Å². The molecule has 0 radical (unpaired) electrons. The van der Waals surface area contributed by atoms with Gasteiger partial charge in [0.2, 0.25) is 5.91 Å². The van der Waals surface area contributed by atoms with Crippen molar-refractivity contribution in [2.45, 2.75) is 56.1 Å². The Bertz CT molecular complexity index is 1220. The van der Waals surface area contributed by atoms with Crippen LogP contribution in [-0.4, -0.2) is 108 Å². The SMILES string of the molecule is C#CCOCCOCCO[C@]1(C(=O)O)C[C@H](O)[C@@H](NC(C)=O)[C@H]([C@H](O)[C@H](O)CNCc2cccc(Oc3ccccc3)c2)O1. The van der Waals surface area contributed by atoms with Crippen molar-refractivity contribution in [3.8, 4) is 23.8 Å². The van der Waals surface area contributed by atoms with Crippen LogP contribution in [0, 0.1) is 12.3 Å². The second kappa shape index (κ2) is 17.6. The Balaban J connectivity index is 1.61. The van der Waals surface area contributed by atoms with Crippen molar-refractivity contribution in [1.29, 1.82) is 0 Å². The molecule has 0 aliphatic carbocycles. The molecular weight excluding hydrogens is 576 g/mol. The summed E-state index contributed by atoms with van der Waals surface area (Å²) in [7, 11) is 0. The summed E-state index contributed by atoms with van der Waals surface area (Å²) in [6.07, 6.45) is -1.71. The molecule has 2 aromatic carbocycles. The molecule has 1 aliphatic rings. The molecule has 1 aliphatic heterocycles. The summed E-state index contributed by atoms with van der Waals surface area (Å²) in [4.78, 5) is 24.2.